The highest BCUT2D eigenvalue weighted by molar-refractivity contribution is 14.0. The number of ether oxygens (including phenoxy) is 1. The first-order chi connectivity index (χ1) is 9.31. The summed E-state index contributed by atoms with van der Waals surface area (Å²) in [5.74, 6) is 0.809. The van der Waals surface area contributed by atoms with E-state index < -0.39 is 0 Å². The van der Waals surface area contributed by atoms with Crippen molar-refractivity contribution in [2.24, 2.45) is 4.99 Å². The number of aliphatic imine (C=N–C) groups is 1. The van der Waals surface area contributed by atoms with Crippen LogP contribution in [0.15, 0.2) is 11.2 Å². The molecule has 114 valence electrons. The van der Waals surface area contributed by atoms with Crippen molar-refractivity contribution in [3.05, 3.63) is 16.1 Å². The minimum absolute atomic E-state index is 0. The number of guanidine groups is 1. The van der Waals surface area contributed by atoms with Gasteiger partial charge in [-0.25, -0.2) is 4.98 Å². The van der Waals surface area contributed by atoms with Gasteiger partial charge in [0, 0.05) is 31.3 Å². The molecule has 1 unspecified atom stereocenters. The standard InChI is InChI=1S/C13H22N4OS.HI/c1-3-11-8-15-12(19-11)9-17-13(14-2)16-7-10-5-4-6-18-10;/h8,10H,3-7,9H2,1-2H3,(H2,14,16,17);1H. The van der Waals surface area contributed by atoms with E-state index in [-0.39, 0.29) is 24.0 Å². The molecule has 1 aromatic heterocycles. The first kappa shape index (κ1) is 17.6. The zero-order valence-electron chi connectivity index (χ0n) is 12.0. The Morgan fingerprint density at radius 2 is 2.40 bits per heavy atom. The molecule has 5 nitrogen and oxygen atoms in total. The summed E-state index contributed by atoms with van der Waals surface area (Å²) in [6.07, 6.45) is 5.62. The highest BCUT2D eigenvalue weighted by Crippen LogP contribution is 2.13. The third-order valence-corrected chi connectivity index (χ3v) is 4.24. The Balaban J connectivity index is 0.00000200. The Bertz CT molecular complexity index is 418. The first-order valence-corrected chi connectivity index (χ1v) is 7.63. The highest BCUT2D eigenvalue weighted by atomic mass is 127. The maximum atomic E-state index is 5.57. The van der Waals surface area contributed by atoms with E-state index in [0.717, 1.165) is 49.9 Å². The lowest BCUT2D eigenvalue weighted by Gasteiger charge is -2.14. The number of halogens is 1. The Kier molecular flexibility index (Phi) is 8.39. The molecular formula is C13H23IN4OS. The second-order valence-electron chi connectivity index (χ2n) is 4.52. The third kappa shape index (κ3) is 5.53. The molecule has 0 aromatic carbocycles. The van der Waals surface area contributed by atoms with Crippen LogP contribution in [0.3, 0.4) is 0 Å². The zero-order chi connectivity index (χ0) is 13.5. The molecule has 1 fully saturated rings. The molecule has 1 aliphatic heterocycles. The Morgan fingerprint density at radius 1 is 1.55 bits per heavy atom. The minimum Gasteiger partial charge on any atom is -0.376 e. The van der Waals surface area contributed by atoms with Gasteiger partial charge < -0.3 is 15.4 Å². The SMILES string of the molecule is CCc1cnc(CNC(=NC)NCC2CCCO2)s1.I. The van der Waals surface area contributed by atoms with E-state index in [9.17, 15) is 0 Å². The van der Waals surface area contributed by atoms with Gasteiger partial charge in [0.15, 0.2) is 5.96 Å². The van der Waals surface area contributed by atoms with Gasteiger partial charge in [-0.1, -0.05) is 6.92 Å². The van der Waals surface area contributed by atoms with Crippen LogP contribution in [0, 0.1) is 0 Å². The van der Waals surface area contributed by atoms with Crippen LogP contribution in [-0.4, -0.2) is 37.2 Å². The van der Waals surface area contributed by atoms with Crippen molar-refractivity contribution in [3.8, 4) is 0 Å². The monoisotopic (exact) mass is 410 g/mol. The van der Waals surface area contributed by atoms with Gasteiger partial charge in [0.05, 0.1) is 12.6 Å². The Hall–Kier alpha value is -0.410. The Labute approximate surface area is 141 Å². The van der Waals surface area contributed by atoms with Gasteiger partial charge in [0.25, 0.3) is 0 Å². The lowest BCUT2D eigenvalue weighted by molar-refractivity contribution is 0.114. The van der Waals surface area contributed by atoms with Gasteiger partial charge in [0.2, 0.25) is 0 Å². The fourth-order valence-electron chi connectivity index (χ4n) is 1.99. The van der Waals surface area contributed by atoms with E-state index in [1.807, 2.05) is 6.20 Å². The number of thiazole rings is 1. The van der Waals surface area contributed by atoms with Crippen molar-refractivity contribution in [2.75, 3.05) is 20.2 Å². The molecule has 0 bridgehead atoms. The average Bonchev–Trinajstić information content (AvgIpc) is 3.10. The smallest absolute Gasteiger partial charge is 0.191 e. The van der Waals surface area contributed by atoms with Crippen molar-refractivity contribution in [1.82, 2.24) is 15.6 Å². The lowest BCUT2D eigenvalue weighted by Crippen LogP contribution is -2.40. The predicted molar refractivity (Wildman–Crippen MR) is 94.1 cm³/mol. The normalized spacial score (nSPS) is 18.7. The van der Waals surface area contributed by atoms with E-state index in [1.165, 1.54) is 4.88 Å². The summed E-state index contributed by atoms with van der Waals surface area (Å²) in [5.41, 5.74) is 0. The second-order valence-corrected chi connectivity index (χ2v) is 5.72. The molecule has 2 heterocycles. The molecule has 20 heavy (non-hydrogen) atoms. The molecule has 0 saturated carbocycles. The highest BCUT2D eigenvalue weighted by Gasteiger charge is 2.15. The van der Waals surface area contributed by atoms with Crippen molar-refractivity contribution >= 4 is 41.3 Å². The van der Waals surface area contributed by atoms with Crippen molar-refractivity contribution in [2.45, 2.75) is 38.8 Å². The van der Waals surface area contributed by atoms with Crippen LogP contribution in [0.2, 0.25) is 0 Å². The molecule has 2 N–H and O–H groups in total. The number of aromatic nitrogens is 1. The number of rotatable bonds is 5. The van der Waals surface area contributed by atoms with Crippen LogP contribution >= 0.6 is 35.3 Å². The van der Waals surface area contributed by atoms with Crippen molar-refractivity contribution in [3.63, 3.8) is 0 Å². The van der Waals surface area contributed by atoms with Crippen LogP contribution in [-0.2, 0) is 17.7 Å². The average molecular weight is 410 g/mol. The second kappa shape index (κ2) is 9.51. The molecule has 0 radical (unpaired) electrons. The summed E-state index contributed by atoms with van der Waals surface area (Å²) >= 11 is 1.75. The number of hydrogen-bond donors (Lipinski definition) is 2. The Morgan fingerprint density at radius 3 is 3.00 bits per heavy atom. The molecule has 1 aromatic rings. The van der Waals surface area contributed by atoms with Crippen LogP contribution < -0.4 is 10.6 Å². The molecule has 0 aliphatic carbocycles. The van der Waals surface area contributed by atoms with Gasteiger partial charge in [-0.2, -0.15) is 0 Å². The molecule has 1 saturated heterocycles. The minimum atomic E-state index is 0. The van der Waals surface area contributed by atoms with E-state index >= 15 is 0 Å². The summed E-state index contributed by atoms with van der Waals surface area (Å²) in [4.78, 5) is 9.90. The molecule has 7 heteroatoms. The zero-order valence-corrected chi connectivity index (χ0v) is 15.2. The quantitative estimate of drug-likeness (QED) is 0.444. The van der Waals surface area contributed by atoms with E-state index in [0.29, 0.717) is 6.10 Å². The number of nitrogens with one attached hydrogen (secondary N) is 2. The molecule has 2 rings (SSSR count). The summed E-state index contributed by atoms with van der Waals surface area (Å²) in [5, 5.41) is 7.67. The molecule has 1 aliphatic rings. The summed E-state index contributed by atoms with van der Waals surface area (Å²) in [7, 11) is 1.78. The van der Waals surface area contributed by atoms with Crippen LogP contribution in [0.1, 0.15) is 29.7 Å². The summed E-state index contributed by atoms with van der Waals surface area (Å²) in [6, 6.07) is 0. The van der Waals surface area contributed by atoms with Crippen LogP contribution in [0.25, 0.3) is 0 Å². The van der Waals surface area contributed by atoms with Gasteiger partial charge in [0.1, 0.15) is 5.01 Å². The van der Waals surface area contributed by atoms with E-state index in [2.05, 4.69) is 27.5 Å². The third-order valence-electron chi connectivity index (χ3n) is 3.10. The fourth-order valence-corrected chi connectivity index (χ4v) is 2.79. The molecule has 1 atom stereocenters. The lowest BCUT2D eigenvalue weighted by atomic mass is 10.2. The fraction of sp³-hybridized carbons (Fsp3) is 0.692. The van der Waals surface area contributed by atoms with Gasteiger partial charge >= 0.3 is 0 Å². The van der Waals surface area contributed by atoms with E-state index in [1.54, 1.807) is 18.4 Å². The largest absolute Gasteiger partial charge is 0.376 e. The number of aryl methyl sites for hydroxylation is 1. The maximum Gasteiger partial charge on any atom is 0.191 e. The van der Waals surface area contributed by atoms with E-state index in [4.69, 9.17) is 4.74 Å². The first-order valence-electron chi connectivity index (χ1n) is 6.81. The summed E-state index contributed by atoms with van der Waals surface area (Å²) in [6.45, 7) is 4.57. The summed E-state index contributed by atoms with van der Waals surface area (Å²) < 4.78 is 5.57. The molecule has 0 amide bonds. The topological polar surface area (TPSA) is 58.5 Å². The predicted octanol–water partition coefficient (Wildman–Crippen LogP) is 2.17. The van der Waals surface area contributed by atoms with Gasteiger partial charge in [-0.05, 0) is 19.3 Å². The van der Waals surface area contributed by atoms with Crippen molar-refractivity contribution in [1.29, 1.82) is 0 Å². The molecular weight excluding hydrogens is 387 g/mol. The maximum absolute atomic E-state index is 5.57. The van der Waals surface area contributed by atoms with Gasteiger partial charge in [-0.15, -0.1) is 35.3 Å². The van der Waals surface area contributed by atoms with Crippen LogP contribution in [0.5, 0.6) is 0 Å². The number of nitrogens with zero attached hydrogens (tertiary/aromatic N) is 2. The van der Waals surface area contributed by atoms with Gasteiger partial charge in [-0.3, -0.25) is 4.99 Å². The van der Waals surface area contributed by atoms with Crippen LogP contribution in [0.4, 0.5) is 0 Å². The molecule has 0 spiro atoms. The van der Waals surface area contributed by atoms with Crippen molar-refractivity contribution < 1.29 is 4.74 Å². The number of hydrogen-bond acceptors (Lipinski definition) is 4.